The highest BCUT2D eigenvalue weighted by Gasteiger charge is 2.58. The number of amides is 2. The second-order valence-electron chi connectivity index (χ2n) is 7.50. The SMILES string of the molecule is CC[C@H]1N(c2ccc(Cl)cc2)C(=O)N(c2ccc(Cl)cc2)C1(O)c1cccc(OC(F)F)c1. The van der Waals surface area contributed by atoms with Crippen LogP contribution in [0.1, 0.15) is 18.9 Å². The molecule has 1 unspecified atom stereocenters. The van der Waals surface area contributed by atoms with Crippen molar-refractivity contribution in [3.05, 3.63) is 88.4 Å². The first-order valence-corrected chi connectivity index (χ1v) is 10.9. The van der Waals surface area contributed by atoms with Crippen LogP contribution < -0.4 is 14.5 Å². The van der Waals surface area contributed by atoms with Gasteiger partial charge in [0.05, 0.1) is 6.04 Å². The molecule has 1 fully saturated rings. The lowest BCUT2D eigenvalue weighted by Gasteiger charge is -2.37. The van der Waals surface area contributed by atoms with E-state index in [9.17, 15) is 18.7 Å². The van der Waals surface area contributed by atoms with Gasteiger partial charge in [0.25, 0.3) is 0 Å². The van der Waals surface area contributed by atoms with Gasteiger partial charge in [-0.15, -0.1) is 0 Å². The molecule has 3 aromatic carbocycles. The molecule has 0 saturated carbocycles. The van der Waals surface area contributed by atoms with Gasteiger partial charge in [0.2, 0.25) is 0 Å². The first-order chi connectivity index (χ1) is 15.8. The second kappa shape index (κ2) is 9.17. The van der Waals surface area contributed by atoms with E-state index in [1.165, 1.54) is 28.0 Å². The molecule has 1 saturated heterocycles. The Morgan fingerprint density at radius 2 is 1.58 bits per heavy atom. The van der Waals surface area contributed by atoms with Crippen LogP contribution in [-0.4, -0.2) is 23.8 Å². The Hall–Kier alpha value is -2.87. The number of urea groups is 1. The van der Waals surface area contributed by atoms with Crippen LogP contribution in [-0.2, 0) is 5.72 Å². The fraction of sp³-hybridized carbons (Fsp3) is 0.208. The van der Waals surface area contributed by atoms with Crippen molar-refractivity contribution in [1.82, 2.24) is 0 Å². The van der Waals surface area contributed by atoms with Crippen molar-refractivity contribution in [2.45, 2.75) is 31.7 Å². The van der Waals surface area contributed by atoms with Crippen molar-refractivity contribution >= 4 is 40.6 Å². The molecule has 0 spiro atoms. The number of anilines is 2. The average Bonchev–Trinajstić information content (AvgIpc) is 3.02. The van der Waals surface area contributed by atoms with Crippen molar-refractivity contribution in [3.8, 4) is 5.75 Å². The van der Waals surface area contributed by atoms with Crippen molar-refractivity contribution in [2.24, 2.45) is 0 Å². The van der Waals surface area contributed by atoms with E-state index >= 15 is 0 Å². The molecule has 1 aliphatic heterocycles. The summed E-state index contributed by atoms with van der Waals surface area (Å²) in [6, 6.07) is 17.6. The van der Waals surface area contributed by atoms with Crippen LogP contribution >= 0.6 is 23.2 Å². The third kappa shape index (κ3) is 4.24. The lowest BCUT2D eigenvalue weighted by atomic mass is 9.91. The van der Waals surface area contributed by atoms with Gasteiger partial charge in [-0.1, -0.05) is 42.3 Å². The molecule has 0 bridgehead atoms. The highest BCUT2D eigenvalue weighted by molar-refractivity contribution is 6.31. The van der Waals surface area contributed by atoms with Gasteiger partial charge < -0.3 is 9.84 Å². The normalized spacial score (nSPS) is 20.6. The Bertz CT molecular complexity index is 1150. The van der Waals surface area contributed by atoms with Gasteiger partial charge in [-0.3, -0.25) is 9.80 Å². The third-order valence-corrected chi connectivity index (χ3v) is 6.08. The Kier molecular flexibility index (Phi) is 6.47. The number of hydrogen-bond acceptors (Lipinski definition) is 3. The molecular formula is C24H20Cl2F2N2O3. The number of carbonyl (C=O) groups is 1. The highest BCUT2D eigenvalue weighted by atomic mass is 35.5. The van der Waals surface area contributed by atoms with E-state index in [-0.39, 0.29) is 11.3 Å². The molecule has 1 N–H and O–H groups in total. The maximum Gasteiger partial charge on any atom is 0.387 e. The summed E-state index contributed by atoms with van der Waals surface area (Å²) in [4.78, 5) is 16.5. The van der Waals surface area contributed by atoms with Gasteiger partial charge in [-0.25, -0.2) is 4.79 Å². The summed E-state index contributed by atoms with van der Waals surface area (Å²) in [5.41, 5.74) is -0.749. The first kappa shape index (κ1) is 23.3. The zero-order valence-corrected chi connectivity index (χ0v) is 19.0. The van der Waals surface area contributed by atoms with Gasteiger partial charge in [0.1, 0.15) is 5.75 Å². The van der Waals surface area contributed by atoms with Crippen LogP contribution in [0.3, 0.4) is 0 Å². The molecule has 2 atom stereocenters. The van der Waals surface area contributed by atoms with E-state index < -0.39 is 24.4 Å². The van der Waals surface area contributed by atoms with E-state index in [0.29, 0.717) is 27.8 Å². The van der Waals surface area contributed by atoms with Gasteiger partial charge in [-0.2, -0.15) is 8.78 Å². The third-order valence-electron chi connectivity index (χ3n) is 5.57. The molecule has 9 heteroatoms. The van der Waals surface area contributed by atoms with Crippen LogP contribution in [0.25, 0.3) is 0 Å². The van der Waals surface area contributed by atoms with E-state index in [2.05, 4.69) is 4.74 Å². The predicted molar refractivity (Wildman–Crippen MR) is 124 cm³/mol. The zero-order valence-electron chi connectivity index (χ0n) is 17.5. The molecule has 172 valence electrons. The largest absolute Gasteiger partial charge is 0.435 e. The fourth-order valence-electron chi connectivity index (χ4n) is 4.20. The summed E-state index contributed by atoms with van der Waals surface area (Å²) in [5.74, 6) is -0.126. The number of hydrogen-bond donors (Lipinski definition) is 1. The summed E-state index contributed by atoms with van der Waals surface area (Å²) in [6.07, 6.45) is 0.356. The van der Waals surface area contributed by atoms with Crippen molar-refractivity contribution < 1.29 is 23.4 Å². The number of alkyl halides is 2. The summed E-state index contributed by atoms with van der Waals surface area (Å²) in [5, 5.41) is 13.1. The monoisotopic (exact) mass is 492 g/mol. The Labute approximate surface area is 199 Å². The Balaban J connectivity index is 1.91. The molecule has 33 heavy (non-hydrogen) atoms. The van der Waals surface area contributed by atoms with Crippen LogP contribution in [0.2, 0.25) is 10.0 Å². The maximum atomic E-state index is 13.8. The molecule has 1 heterocycles. The quantitative estimate of drug-likeness (QED) is 0.418. The Morgan fingerprint density at radius 1 is 1.00 bits per heavy atom. The Morgan fingerprint density at radius 3 is 2.12 bits per heavy atom. The lowest BCUT2D eigenvalue weighted by molar-refractivity contribution is -0.0503. The van der Waals surface area contributed by atoms with Crippen LogP contribution in [0, 0.1) is 0 Å². The van der Waals surface area contributed by atoms with Crippen LogP contribution in [0.4, 0.5) is 25.0 Å². The zero-order chi connectivity index (χ0) is 23.8. The molecule has 0 radical (unpaired) electrons. The van der Waals surface area contributed by atoms with Crippen LogP contribution in [0.5, 0.6) is 5.75 Å². The van der Waals surface area contributed by atoms with Crippen LogP contribution in [0.15, 0.2) is 72.8 Å². The van der Waals surface area contributed by atoms with Gasteiger partial charge in [0.15, 0.2) is 5.72 Å². The van der Waals surface area contributed by atoms with Crippen molar-refractivity contribution in [2.75, 3.05) is 9.80 Å². The van der Waals surface area contributed by atoms with E-state index in [1.807, 2.05) is 6.92 Å². The molecular weight excluding hydrogens is 473 g/mol. The summed E-state index contributed by atoms with van der Waals surface area (Å²) >= 11 is 12.1. The molecule has 5 nitrogen and oxygen atoms in total. The molecule has 0 aromatic heterocycles. The summed E-state index contributed by atoms with van der Waals surface area (Å²) in [7, 11) is 0. The maximum absolute atomic E-state index is 13.8. The highest BCUT2D eigenvalue weighted by Crippen LogP contribution is 2.46. The number of aliphatic hydroxyl groups is 1. The molecule has 2 amide bonds. The standard InChI is InChI=1S/C24H20Cl2F2N2O3/c1-2-21-24(32,15-4-3-5-20(14-15)33-22(27)28)30(19-12-8-17(26)9-13-19)23(31)29(21)18-10-6-16(25)7-11-18/h3-14,21-22,32H,2H2,1H3/t21-,24?/m1/s1. The van der Waals surface area contributed by atoms with E-state index in [4.69, 9.17) is 23.2 Å². The fourth-order valence-corrected chi connectivity index (χ4v) is 4.45. The minimum absolute atomic E-state index is 0.126. The van der Waals surface area contributed by atoms with Gasteiger partial charge >= 0.3 is 12.6 Å². The molecule has 3 aromatic rings. The van der Waals surface area contributed by atoms with Crippen molar-refractivity contribution in [1.29, 1.82) is 0 Å². The van der Waals surface area contributed by atoms with Gasteiger partial charge in [0, 0.05) is 27.0 Å². The number of ether oxygens (including phenoxy) is 1. The van der Waals surface area contributed by atoms with E-state index in [0.717, 1.165) is 0 Å². The molecule has 0 aliphatic carbocycles. The number of rotatable bonds is 6. The van der Waals surface area contributed by atoms with E-state index in [1.54, 1.807) is 54.6 Å². The predicted octanol–water partition coefficient (Wildman–Crippen LogP) is 6.67. The first-order valence-electron chi connectivity index (χ1n) is 10.2. The van der Waals surface area contributed by atoms with Gasteiger partial charge in [-0.05, 0) is 67.1 Å². The summed E-state index contributed by atoms with van der Waals surface area (Å²) < 4.78 is 30.2. The molecule has 4 rings (SSSR count). The number of benzene rings is 3. The number of nitrogens with zero attached hydrogens (tertiary/aromatic N) is 2. The smallest absolute Gasteiger partial charge is 0.387 e. The topological polar surface area (TPSA) is 53.0 Å². The number of halogens is 4. The van der Waals surface area contributed by atoms with Crippen molar-refractivity contribution in [3.63, 3.8) is 0 Å². The minimum Gasteiger partial charge on any atom is -0.435 e. The lowest BCUT2D eigenvalue weighted by Crippen LogP contribution is -2.49. The molecule has 1 aliphatic rings. The minimum atomic E-state index is -3.03. The average molecular weight is 493 g/mol. The summed E-state index contributed by atoms with van der Waals surface area (Å²) in [6.45, 7) is -1.20. The number of carbonyl (C=O) groups excluding carboxylic acids is 1. The second-order valence-corrected chi connectivity index (χ2v) is 8.37.